The summed E-state index contributed by atoms with van der Waals surface area (Å²) >= 11 is 6.42. The van der Waals surface area contributed by atoms with E-state index in [9.17, 15) is 28.0 Å². The van der Waals surface area contributed by atoms with Crippen LogP contribution in [-0.4, -0.2) is 44.0 Å². The van der Waals surface area contributed by atoms with Gasteiger partial charge in [-0.2, -0.15) is 18.4 Å². The van der Waals surface area contributed by atoms with Crippen LogP contribution in [0.4, 0.5) is 13.2 Å². The summed E-state index contributed by atoms with van der Waals surface area (Å²) in [5, 5.41) is 15.1. The summed E-state index contributed by atoms with van der Waals surface area (Å²) in [5.41, 5.74) is -0.676. The predicted molar refractivity (Wildman–Crippen MR) is 133 cm³/mol. The molecule has 0 aliphatic rings. The Morgan fingerprint density at radius 1 is 1.18 bits per heavy atom. The van der Waals surface area contributed by atoms with Crippen molar-refractivity contribution in [3.63, 3.8) is 0 Å². The third kappa shape index (κ3) is 7.00. The number of pyridine rings is 1. The summed E-state index contributed by atoms with van der Waals surface area (Å²) in [4.78, 5) is 27.2. The first-order valence-electron chi connectivity index (χ1n) is 11.2. The van der Waals surface area contributed by atoms with E-state index in [1.807, 2.05) is 0 Å². The Labute approximate surface area is 221 Å². The zero-order valence-corrected chi connectivity index (χ0v) is 20.8. The third-order valence-corrected chi connectivity index (χ3v) is 5.63. The molecule has 1 amide bonds. The van der Waals surface area contributed by atoms with Crippen LogP contribution in [0.15, 0.2) is 48.7 Å². The van der Waals surface area contributed by atoms with Crippen molar-refractivity contribution in [2.24, 2.45) is 0 Å². The highest BCUT2D eigenvalue weighted by atomic mass is 35.5. The average Bonchev–Trinajstić information content (AvgIpc) is 2.91. The number of hydrogen-bond donors (Lipinski definition) is 2. The number of rotatable bonds is 11. The van der Waals surface area contributed by atoms with Crippen molar-refractivity contribution in [3.8, 4) is 28.7 Å². The lowest BCUT2D eigenvalue weighted by Crippen LogP contribution is -2.25. The number of carbonyl (C=O) groups excluding carboxylic acids is 2. The first kappa shape index (κ1) is 28.4. The summed E-state index contributed by atoms with van der Waals surface area (Å²) in [6, 6.07) is 12.1. The number of nitrogens with one attached hydrogen (secondary N) is 2. The van der Waals surface area contributed by atoms with Crippen molar-refractivity contribution >= 4 is 23.8 Å². The molecular weight excluding hydrogens is 525 g/mol. The number of methoxy groups -OCH3 is 1. The van der Waals surface area contributed by atoms with Gasteiger partial charge in [0.2, 0.25) is 0 Å². The number of aldehydes is 1. The maximum absolute atomic E-state index is 13.2. The Hall–Kier alpha value is -4.14. The summed E-state index contributed by atoms with van der Waals surface area (Å²) in [6.07, 6.45) is -3.16. The molecule has 1 heterocycles. The van der Waals surface area contributed by atoms with Crippen molar-refractivity contribution in [1.29, 1.82) is 5.26 Å². The quantitative estimate of drug-likeness (QED) is 0.271. The number of benzene rings is 2. The van der Waals surface area contributed by atoms with E-state index in [1.165, 1.54) is 19.2 Å². The highest BCUT2D eigenvalue weighted by molar-refractivity contribution is 6.33. The number of halogens is 4. The Bertz CT molecular complexity index is 1360. The first-order chi connectivity index (χ1) is 18.2. The summed E-state index contributed by atoms with van der Waals surface area (Å²) in [5.74, 6) is 0.0995. The van der Waals surface area contributed by atoms with Gasteiger partial charge in [-0.15, -0.1) is 0 Å². The van der Waals surface area contributed by atoms with Crippen molar-refractivity contribution in [3.05, 3.63) is 76.1 Å². The standard InChI is InChI=1S/C26H22ClF3N4O4/c1-37-22-5-3-2-4-16(22)14-34-25(36)19-11-18(21(27)12-23(19)38-9-7-32-6-8-35)20-15-33-24(26(28,29)30)10-17(20)13-31/h2-5,8,10-12,15,32H,6-7,9,14H2,1H3,(H,34,36). The van der Waals surface area contributed by atoms with Crippen molar-refractivity contribution in [1.82, 2.24) is 15.6 Å². The molecule has 0 radical (unpaired) electrons. The van der Waals surface area contributed by atoms with Crippen LogP contribution < -0.4 is 20.1 Å². The average molecular weight is 547 g/mol. The molecule has 8 nitrogen and oxygen atoms in total. The second kappa shape index (κ2) is 12.9. The van der Waals surface area contributed by atoms with E-state index in [0.717, 1.165) is 6.20 Å². The van der Waals surface area contributed by atoms with E-state index < -0.39 is 17.8 Å². The number of para-hydroxylation sites is 1. The maximum Gasteiger partial charge on any atom is 0.433 e. The molecule has 0 spiro atoms. The minimum absolute atomic E-state index is 0.0171. The largest absolute Gasteiger partial charge is 0.496 e. The van der Waals surface area contributed by atoms with Gasteiger partial charge in [-0.05, 0) is 18.2 Å². The van der Waals surface area contributed by atoms with Gasteiger partial charge in [0.25, 0.3) is 5.91 Å². The van der Waals surface area contributed by atoms with Gasteiger partial charge in [-0.3, -0.25) is 9.78 Å². The van der Waals surface area contributed by atoms with Crippen LogP contribution in [0.25, 0.3) is 11.1 Å². The Balaban J connectivity index is 1.99. The zero-order valence-electron chi connectivity index (χ0n) is 20.1. The highest BCUT2D eigenvalue weighted by Crippen LogP contribution is 2.37. The van der Waals surface area contributed by atoms with Gasteiger partial charge in [-0.1, -0.05) is 29.8 Å². The minimum atomic E-state index is -4.74. The van der Waals surface area contributed by atoms with E-state index in [0.29, 0.717) is 30.2 Å². The molecule has 0 bridgehead atoms. The molecule has 3 aromatic rings. The molecule has 38 heavy (non-hydrogen) atoms. The second-order valence-corrected chi connectivity index (χ2v) is 8.17. The normalized spacial score (nSPS) is 10.9. The van der Waals surface area contributed by atoms with Gasteiger partial charge < -0.3 is 24.9 Å². The predicted octanol–water partition coefficient (Wildman–Crippen LogP) is 4.40. The van der Waals surface area contributed by atoms with Gasteiger partial charge in [0, 0.05) is 42.0 Å². The van der Waals surface area contributed by atoms with E-state index in [4.69, 9.17) is 21.1 Å². The van der Waals surface area contributed by atoms with Crippen LogP contribution in [0.1, 0.15) is 27.2 Å². The van der Waals surface area contributed by atoms with E-state index >= 15 is 0 Å². The third-order valence-electron chi connectivity index (χ3n) is 5.31. The van der Waals surface area contributed by atoms with Crippen molar-refractivity contribution in [2.45, 2.75) is 12.7 Å². The Kier molecular flexibility index (Phi) is 9.65. The fourth-order valence-corrected chi connectivity index (χ4v) is 3.75. The lowest BCUT2D eigenvalue weighted by molar-refractivity contribution is -0.141. The van der Waals surface area contributed by atoms with Gasteiger partial charge >= 0.3 is 6.18 Å². The number of nitrogens with zero attached hydrogens (tertiary/aromatic N) is 2. The molecular formula is C26H22ClF3N4O4. The number of nitriles is 1. The van der Waals surface area contributed by atoms with Crippen molar-refractivity contribution < 1.29 is 32.2 Å². The molecule has 198 valence electrons. The lowest BCUT2D eigenvalue weighted by Gasteiger charge is -2.16. The smallest absolute Gasteiger partial charge is 0.433 e. The minimum Gasteiger partial charge on any atom is -0.496 e. The zero-order chi connectivity index (χ0) is 27.7. The fraction of sp³-hybridized carbons (Fsp3) is 0.231. The first-order valence-corrected chi connectivity index (χ1v) is 11.6. The van der Waals surface area contributed by atoms with E-state index in [1.54, 1.807) is 30.3 Å². The van der Waals surface area contributed by atoms with Crippen molar-refractivity contribution in [2.75, 3.05) is 26.8 Å². The molecule has 0 saturated heterocycles. The van der Waals surface area contributed by atoms with Gasteiger partial charge in [0.15, 0.2) is 0 Å². The summed E-state index contributed by atoms with van der Waals surface area (Å²) in [6.45, 7) is 0.600. The van der Waals surface area contributed by atoms with E-state index in [-0.39, 0.29) is 52.7 Å². The topological polar surface area (TPSA) is 113 Å². The van der Waals surface area contributed by atoms with Crippen LogP contribution in [0.2, 0.25) is 5.02 Å². The number of aromatic nitrogens is 1. The summed E-state index contributed by atoms with van der Waals surface area (Å²) in [7, 11) is 1.50. The summed E-state index contributed by atoms with van der Waals surface area (Å²) < 4.78 is 50.4. The molecule has 1 aromatic heterocycles. The van der Waals surface area contributed by atoms with E-state index in [2.05, 4.69) is 15.6 Å². The molecule has 0 atom stereocenters. The molecule has 12 heteroatoms. The van der Waals surface area contributed by atoms with Gasteiger partial charge in [-0.25, -0.2) is 0 Å². The van der Waals surface area contributed by atoms with Crippen LogP contribution in [0, 0.1) is 11.3 Å². The fourth-order valence-electron chi connectivity index (χ4n) is 3.49. The van der Waals surface area contributed by atoms with Gasteiger partial charge in [0.1, 0.15) is 30.1 Å². The number of hydrogen-bond acceptors (Lipinski definition) is 7. The second-order valence-electron chi connectivity index (χ2n) is 7.77. The Morgan fingerprint density at radius 3 is 2.63 bits per heavy atom. The van der Waals surface area contributed by atoms with Crippen LogP contribution in [0.5, 0.6) is 11.5 Å². The SMILES string of the molecule is COc1ccccc1CNC(=O)c1cc(-c2cnc(C(F)(F)F)cc2C#N)c(Cl)cc1OCCNCC=O. The monoisotopic (exact) mass is 546 g/mol. The molecule has 0 saturated carbocycles. The number of carbonyl (C=O) groups is 2. The molecule has 0 aliphatic heterocycles. The van der Waals surface area contributed by atoms with Gasteiger partial charge in [0.05, 0.1) is 35.9 Å². The molecule has 0 fully saturated rings. The number of amides is 1. The molecule has 0 aliphatic carbocycles. The number of alkyl halides is 3. The molecule has 3 rings (SSSR count). The lowest BCUT2D eigenvalue weighted by atomic mass is 9.98. The number of ether oxygens (including phenoxy) is 2. The Morgan fingerprint density at radius 2 is 1.95 bits per heavy atom. The molecule has 2 N–H and O–H groups in total. The highest BCUT2D eigenvalue weighted by Gasteiger charge is 2.33. The van der Waals surface area contributed by atoms with Crippen LogP contribution in [-0.2, 0) is 17.5 Å². The van der Waals surface area contributed by atoms with Crippen LogP contribution in [0.3, 0.4) is 0 Å². The molecule has 0 unspecified atom stereocenters. The maximum atomic E-state index is 13.2. The van der Waals surface area contributed by atoms with Crippen LogP contribution >= 0.6 is 11.6 Å². The molecule has 2 aromatic carbocycles.